The van der Waals surface area contributed by atoms with E-state index in [1.165, 1.54) is 12.1 Å². The van der Waals surface area contributed by atoms with Gasteiger partial charge in [0, 0.05) is 6.54 Å². The van der Waals surface area contributed by atoms with Crippen LogP contribution in [0.15, 0.2) is 54.6 Å². The molecule has 0 aliphatic rings. The van der Waals surface area contributed by atoms with E-state index >= 15 is 0 Å². The van der Waals surface area contributed by atoms with Crippen LogP contribution in [-0.2, 0) is 20.7 Å². The van der Waals surface area contributed by atoms with E-state index in [1.807, 2.05) is 18.2 Å². The molecule has 0 saturated heterocycles. The fourth-order valence-electron chi connectivity index (χ4n) is 2.24. The number of halogens is 1. The minimum atomic E-state index is -0.760. The van der Waals surface area contributed by atoms with E-state index < -0.39 is 18.0 Å². The average Bonchev–Trinajstić information content (AvgIpc) is 2.66. The molecule has 0 unspecified atom stereocenters. The Kier molecular flexibility index (Phi) is 7.61. The predicted molar refractivity (Wildman–Crippen MR) is 95.2 cm³/mol. The molecule has 26 heavy (non-hydrogen) atoms. The van der Waals surface area contributed by atoms with Crippen molar-refractivity contribution in [2.75, 3.05) is 13.2 Å². The van der Waals surface area contributed by atoms with Crippen molar-refractivity contribution in [3.05, 3.63) is 66.0 Å². The van der Waals surface area contributed by atoms with Crippen LogP contribution in [0.3, 0.4) is 0 Å². The normalized spacial score (nSPS) is 11.5. The molecule has 5 nitrogen and oxygen atoms in total. The third-order valence-electron chi connectivity index (χ3n) is 3.65. The lowest BCUT2D eigenvalue weighted by Gasteiger charge is -2.16. The SMILES string of the molecule is CC[C@H](Oc1ccccc1)C(=O)OCC(=O)NCCc1ccc(F)cc1. The highest BCUT2D eigenvalue weighted by atomic mass is 19.1. The molecule has 2 aromatic rings. The molecule has 6 heteroatoms. The minimum Gasteiger partial charge on any atom is -0.479 e. The number of carbonyl (C=O) groups is 2. The molecule has 138 valence electrons. The van der Waals surface area contributed by atoms with Gasteiger partial charge in [-0.3, -0.25) is 4.79 Å². The van der Waals surface area contributed by atoms with Crippen molar-refractivity contribution in [2.24, 2.45) is 0 Å². The van der Waals surface area contributed by atoms with Gasteiger partial charge in [-0.15, -0.1) is 0 Å². The number of amides is 1. The number of hydrogen-bond donors (Lipinski definition) is 1. The number of hydrogen-bond acceptors (Lipinski definition) is 4. The van der Waals surface area contributed by atoms with Gasteiger partial charge in [-0.25, -0.2) is 9.18 Å². The third-order valence-corrected chi connectivity index (χ3v) is 3.65. The monoisotopic (exact) mass is 359 g/mol. The zero-order valence-electron chi connectivity index (χ0n) is 14.6. The van der Waals surface area contributed by atoms with E-state index in [2.05, 4.69) is 5.32 Å². The van der Waals surface area contributed by atoms with Crippen molar-refractivity contribution in [3.8, 4) is 5.75 Å². The van der Waals surface area contributed by atoms with E-state index in [4.69, 9.17) is 9.47 Å². The van der Waals surface area contributed by atoms with Gasteiger partial charge in [-0.2, -0.15) is 0 Å². The smallest absolute Gasteiger partial charge is 0.347 e. The van der Waals surface area contributed by atoms with Crippen LogP contribution >= 0.6 is 0 Å². The van der Waals surface area contributed by atoms with E-state index in [0.717, 1.165) is 5.56 Å². The van der Waals surface area contributed by atoms with E-state index in [1.54, 1.807) is 31.2 Å². The summed E-state index contributed by atoms with van der Waals surface area (Å²) in [5, 5.41) is 2.66. The summed E-state index contributed by atoms with van der Waals surface area (Å²) in [4.78, 5) is 23.8. The van der Waals surface area contributed by atoms with Gasteiger partial charge in [0.2, 0.25) is 0 Å². The molecule has 2 aromatic carbocycles. The van der Waals surface area contributed by atoms with Crippen LogP contribution in [0.5, 0.6) is 5.75 Å². The average molecular weight is 359 g/mol. The molecule has 2 rings (SSSR count). The summed E-state index contributed by atoms with van der Waals surface area (Å²) in [5.41, 5.74) is 0.908. The maximum Gasteiger partial charge on any atom is 0.347 e. The Morgan fingerprint density at radius 1 is 1.08 bits per heavy atom. The van der Waals surface area contributed by atoms with E-state index in [-0.39, 0.29) is 12.4 Å². The zero-order chi connectivity index (χ0) is 18.8. The Morgan fingerprint density at radius 3 is 2.42 bits per heavy atom. The summed E-state index contributed by atoms with van der Waals surface area (Å²) in [6, 6.07) is 15.0. The number of carbonyl (C=O) groups excluding carboxylic acids is 2. The van der Waals surface area contributed by atoms with Gasteiger partial charge in [-0.05, 0) is 42.7 Å². The van der Waals surface area contributed by atoms with Crippen molar-refractivity contribution in [1.29, 1.82) is 0 Å². The highest BCUT2D eigenvalue weighted by molar-refractivity contribution is 5.82. The summed E-state index contributed by atoms with van der Waals surface area (Å²) in [5.74, 6) is -0.701. The first-order chi connectivity index (χ1) is 12.6. The van der Waals surface area contributed by atoms with Crippen LogP contribution in [-0.4, -0.2) is 31.1 Å². The van der Waals surface area contributed by atoms with Gasteiger partial charge in [0.1, 0.15) is 11.6 Å². The second kappa shape index (κ2) is 10.2. The molecule has 0 radical (unpaired) electrons. The molecule has 0 saturated carbocycles. The van der Waals surface area contributed by atoms with Crippen LogP contribution in [0.25, 0.3) is 0 Å². The fourth-order valence-corrected chi connectivity index (χ4v) is 2.24. The second-order valence-corrected chi connectivity index (χ2v) is 5.66. The number of nitrogens with one attached hydrogen (secondary N) is 1. The van der Waals surface area contributed by atoms with Crippen molar-refractivity contribution >= 4 is 11.9 Å². The van der Waals surface area contributed by atoms with Crippen molar-refractivity contribution in [1.82, 2.24) is 5.32 Å². The Morgan fingerprint density at radius 2 is 1.77 bits per heavy atom. The first-order valence-electron chi connectivity index (χ1n) is 8.48. The van der Waals surface area contributed by atoms with Gasteiger partial charge in [-0.1, -0.05) is 37.3 Å². The number of ether oxygens (including phenoxy) is 2. The molecule has 1 atom stereocenters. The summed E-state index contributed by atoms with van der Waals surface area (Å²) < 4.78 is 23.4. The number of benzene rings is 2. The summed E-state index contributed by atoms with van der Waals surface area (Å²) in [7, 11) is 0. The largest absolute Gasteiger partial charge is 0.479 e. The molecule has 0 spiro atoms. The van der Waals surface area contributed by atoms with Crippen molar-refractivity contribution in [2.45, 2.75) is 25.9 Å². The highest BCUT2D eigenvalue weighted by Crippen LogP contribution is 2.13. The third kappa shape index (κ3) is 6.55. The van der Waals surface area contributed by atoms with Crippen molar-refractivity contribution in [3.63, 3.8) is 0 Å². The second-order valence-electron chi connectivity index (χ2n) is 5.66. The van der Waals surface area contributed by atoms with Gasteiger partial charge in [0.25, 0.3) is 5.91 Å². The Labute approximate surface area is 152 Å². The number of rotatable bonds is 9. The maximum atomic E-state index is 12.8. The molecular formula is C20H22FNO4. The Balaban J connectivity index is 1.69. The summed E-state index contributed by atoms with van der Waals surface area (Å²) >= 11 is 0. The van der Waals surface area contributed by atoms with Crippen LogP contribution in [0.2, 0.25) is 0 Å². The van der Waals surface area contributed by atoms with Crippen LogP contribution in [0.1, 0.15) is 18.9 Å². The summed E-state index contributed by atoms with van der Waals surface area (Å²) in [6.07, 6.45) is 0.235. The molecule has 0 bridgehead atoms. The standard InChI is InChI=1S/C20H22FNO4/c1-2-18(26-17-6-4-3-5-7-17)20(24)25-14-19(23)22-13-12-15-8-10-16(21)11-9-15/h3-11,18H,2,12-14H2,1H3,(H,22,23)/t18-/m0/s1. The lowest BCUT2D eigenvalue weighted by molar-refractivity contribution is -0.155. The predicted octanol–water partition coefficient (Wildman–Crippen LogP) is 2.89. The number of para-hydroxylation sites is 1. The van der Waals surface area contributed by atoms with Crippen molar-refractivity contribution < 1.29 is 23.5 Å². The summed E-state index contributed by atoms with van der Waals surface area (Å²) in [6.45, 7) is 1.81. The van der Waals surface area contributed by atoms with Gasteiger partial charge in [0.05, 0.1) is 0 Å². The minimum absolute atomic E-state index is 0.298. The van der Waals surface area contributed by atoms with Gasteiger partial charge in [0.15, 0.2) is 12.7 Å². The molecule has 1 amide bonds. The first-order valence-corrected chi connectivity index (χ1v) is 8.48. The van der Waals surface area contributed by atoms with Gasteiger partial charge < -0.3 is 14.8 Å². The topological polar surface area (TPSA) is 64.6 Å². The fraction of sp³-hybridized carbons (Fsp3) is 0.300. The number of esters is 1. The van der Waals surface area contributed by atoms with Crippen LogP contribution in [0.4, 0.5) is 4.39 Å². The lowest BCUT2D eigenvalue weighted by Crippen LogP contribution is -2.34. The first kappa shape index (κ1) is 19.4. The molecule has 0 heterocycles. The molecule has 0 fully saturated rings. The highest BCUT2D eigenvalue weighted by Gasteiger charge is 2.21. The molecule has 1 N–H and O–H groups in total. The van der Waals surface area contributed by atoms with Gasteiger partial charge >= 0.3 is 5.97 Å². The quantitative estimate of drug-likeness (QED) is 0.699. The molecule has 0 aliphatic heterocycles. The maximum absolute atomic E-state index is 12.8. The van der Waals surface area contributed by atoms with Crippen LogP contribution in [0, 0.1) is 5.82 Å². The lowest BCUT2D eigenvalue weighted by atomic mass is 10.1. The van der Waals surface area contributed by atoms with E-state index in [0.29, 0.717) is 25.1 Å². The Hall–Kier alpha value is -2.89. The zero-order valence-corrected chi connectivity index (χ0v) is 14.6. The molecule has 0 aromatic heterocycles. The van der Waals surface area contributed by atoms with E-state index in [9.17, 15) is 14.0 Å². The Bertz CT molecular complexity index is 704. The molecule has 0 aliphatic carbocycles. The molecular weight excluding hydrogens is 337 g/mol. The van der Waals surface area contributed by atoms with Crippen LogP contribution < -0.4 is 10.1 Å².